The molecular weight excluding hydrogens is 358 g/mol. The molecule has 0 bridgehead atoms. The number of hydrogen-bond acceptors (Lipinski definition) is 4. The highest BCUT2D eigenvalue weighted by Gasteiger charge is 2.36. The molecule has 0 radical (unpaired) electrons. The molecule has 0 saturated carbocycles. The monoisotopic (exact) mass is 384 g/mol. The summed E-state index contributed by atoms with van der Waals surface area (Å²) < 4.78 is 10.3. The third-order valence-electron chi connectivity index (χ3n) is 5.34. The Kier molecular flexibility index (Phi) is 4.49. The number of H-pyrrole nitrogens is 1. The predicted octanol–water partition coefficient (Wildman–Crippen LogP) is 1.52. The lowest BCUT2D eigenvalue weighted by Gasteiger charge is -2.26. The van der Waals surface area contributed by atoms with E-state index in [1.807, 2.05) is 35.8 Å². The van der Waals surface area contributed by atoms with Gasteiger partial charge < -0.3 is 4.74 Å². The summed E-state index contributed by atoms with van der Waals surface area (Å²) in [5.41, 5.74) is 1.55. The van der Waals surface area contributed by atoms with Gasteiger partial charge in [-0.15, -0.1) is 0 Å². The molecule has 1 aliphatic heterocycles. The molecule has 0 spiro atoms. The van der Waals surface area contributed by atoms with Gasteiger partial charge in [-0.3, -0.25) is 13.9 Å². The van der Waals surface area contributed by atoms with Crippen molar-refractivity contribution >= 4 is 22.8 Å². The van der Waals surface area contributed by atoms with Crippen LogP contribution in [0.3, 0.4) is 0 Å². The normalized spacial score (nSPS) is 16.4. The molecule has 0 saturated heterocycles. The van der Waals surface area contributed by atoms with E-state index in [0.717, 1.165) is 36.9 Å². The van der Waals surface area contributed by atoms with Gasteiger partial charge in [-0.2, -0.15) is 0 Å². The first kappa shape index (κ1) is 18.3. The van der Waals surface area contributed by atoms with E-state index in [1.54, 1.807) is 14.2 Å². The average Bonchev–Trinajstić information content (AvgIpc) is 3.08. The number of imidazole rings is 1. The number of ether oxygens (including phenoxy) is 1. The van der Waals surface area contributed by atoms with Gasteiger partial charge in [0.15, 0.2) is 0 Å². The van der Waals surface area contributed by atoms with Crippen molar-refractivity contribution in [3.8, 4) is 5.75 Å². The van der Waals surface area contributed by atoms with E-state index < -0.39 is 0 Å². The second-order valence-corrected chi connectivity index (χ2v) is 7.47. The molecule has 0 unspecified atom stereocenters. The first-order chi connectivity index (χ1) is 13.5. The van der Waals surface area contributed by atoms with Gasteiger partial charge in [0.25, 0.3) is 5.56 Å². The third kappa shape index (κ3) is 2.71. The Bertz CT molecular complexity index is 1160. The van der Waals surface area contributed by atoms with E-state index in [9.17, 15) is 9.59 Å². The molecule has 1 aliphatic rings. The van der Waals surface area contributed by atoms with Gasteiger partial charge in [0.1, 0.15) is 11.4 Å². The number of nitrogens with one attached hydrogen (secondary N) is 1. The molecule has 4 rings (SSSR count). The zero-order valence-corrected chi connectivity index (χ0v) is 16.7. The van der Waals surface area contributed by atoms with Gasteiger partial charge in [-0.05, 0) is 18.6 Å². The van der Waals surface area contributed by atoms with Gasteiger partial charge in [-0.25, -0.2) is 19.2 Å². The molecule has 1 atom stereocenters. The van der Waals surface area contributed by atoms with E-state index in [4.69, 9.17) is 4.74 Å². The smallest absolute Gasteiger partial charge is 0.364 e. The van der Waals surface area contributed by atoms with E-state index in [0.29, 0.717) is 23.6 Å². The summed E-state index contributed by atoms with van der Waals surface area (Å²) in [4.78, 5) is 31.3. The number of aryl methyl sites for hydroxylation is 1. The van der Waals surface area contributed by atoms with Crippen molar-refractivity contribution in [3.63, 3.8) is 0 Å². The van der Waals surface area contributed by atoms with Crippen molar-refractivity contribution in [2.24, 2.45) is 13.0 Å². The topological polar surface area (TPSA) is 76.1 Å². The van der Waals surface area contributed by atoms with Crippen LogP contribution in [0.15, 0.2) is 33.9 Å². The summed E-state index contributed by atoms with van der Waals surface area (Å²) in [7, 11) is 3.35. The van der Waals surface area contributed by atoms with Crippen molar-refractivity contribution in [2.75, 3.05) is 18.6 Å². The van der Waals surface area contributed by atoms with Crippen molar-refractivity contribution < 1.29 is 9.30 Å². The molecule has 1 aromatic carbocycles. The Hall–Kier alpha value is -3.03. The Labute approximate surface area is 162 Å². The number of hydrogen-bond donors (Lipinski definition) is 1. The molecule has 8 heteroatoms. The second kappa shape index (κ2) is 6.85. The van der Waals surface area contributed by atoms with Crippen LogP contribution in [-0.2, 0) is 20.1 Å². The molecule has 0 aliphatic carbocycles. The van der Waals surface area contributed by atoms with Crippen LogP contribution in [0.5, 0.6) is 5.75 Å². The second-order valence-electron chi connectivity index (χ2n) is 7.47. The zero-order valence-electron chi connectivity index (χ0n) is 16.7. The van der Waals surface area contributed by atoms with E-state index >= 15 is 0 Å². The van der Waals surface area contributed by atoms with Gasteiger partial charge >= 0.3 is 11.6 Å². The van der Waals surface area contributed by atoms with E-state index in [1.165, 1.54) is 9.13 Å². The number of aromatic nitrogens is 4. The summed E-state index contributed by atoms with van der Waals surface area (Å²) in [5, 5.41) is 0. The van der Waals surface area contributed by atoms with Crippen LogP contribution in [0, 0.1) is 5.92 Å². The number of rotatable bonds is 4. The van der Waals surface area contributed by atoms with E-state index in [2.05, 4.69) is 16.8 Å². The number of benzene rings is 1. The van der Waals surface area contributed by atoms with Gasteiger partial charge in [0, 0.05) is 25.6 Å². The number of aromatic amines is 1. The maximum Gasteiger partial charge on any atom is 0.364 e. The molecule has 3 aromatic rings. The lowest BCUT2D eigenvalue weighted by molar-refractivity contribution is -0.669. The van der Waals surface area contributed by atoms with Crippen molar-refractivity contribution in [3.05, 3.63) is 45.1 Å². The van der Waals surface area contributed by atoms with Crippen LogP contribution in [0.2, 0.25) is 0 Å². The fourth-order valence-electron chi connectivity index (χ4n) is 4.00. The first-order valence-electron chi connectivity index (χ1n) is 9.63. The number of fused-ring (bicyclic) bond motifs is 3. The van der Waals surface area contributed by atoms with Gasteiger partial charge in [0.2, 0.25) is 11.2 Å². The highest BCUT2D eigenvalue weighted by Crippen LogP contribution is 2.30. The Balaban J connectivity index is 1.99. The number of anilines is 2. The van der Waals surface area contributed by atoms with Crippen LogP contribution in [0.1, 0.15) is 20.3 Å². The molecule has 8 nitrogen and oxygen atoms in total. The minimum absolute atomic E-state index is 0.234. The minimum Gasteiger partial charge on any atom is -0.497 e. The van der Waals surface area contributed by atoms with Crippen LogP contribution < -0.4 is 25.5 Å². The maximum atomic E-state index is 13.1. The van der Waals surface area contributed by atoms with Crippen LogP contribution in [-0.4, -0.2) is 27.8 Å². The Morgan fingerprint density at radius 3 is 2.82 bits per heavy atom. The molecule has 1 N–H and O–H groups in total. The summed E-state index contributed by atoms with van der Waals surface area (Å²) in [5.74, 6) is 1.91. The summed E-state index contributed by atoms with van der Waals surface area (Å²) in [6.45, 7) is 6.06. The molecule has 2 aromatic heterocycles. The highest BCUT2D eigenvalue weighted by molar-refractivity contribution is 5.70. The number of methoxy groups -OCH3 is 1. The number of nitrogens with zero attached hydrogens (tertiary/aromatic N) is 4. The molecule has 148 valence electrons. The molecule has 3 heterocycles. The predicted molar refractivity (Wildman–Crippen MR) is 107 cm³/mol. The Morgan fingerprint density at radius 2 is 2.11 bits per heavy atom. The summed E-state index contributed by atoms with van der Waals surface area (Å²) in [6.07, 6.45) is 0.726. The van der Waals surface area contributed by atoms with E-state index in [-0.39, 0.29) is 11.2 Å². The third-order valence-corrected chi connectivity index (χ3v) is 5.34. The van der Waals surface area contributed by atoms with Crippen molar-refractivity contribution in [1.82, 2.24) is 14.1 Å². The van der Waals surface area contributed by atoms with Gasteiger partial charge in [0.05, 0.1) is 20.2 Å². The fourth-order valence-corrected chi connectivity index (χ4v) is 4.00. The highest BCUT2D eigenvalue weighted by atomic mass is 16.5. The van der Waals surface area contributed by atoms with Crippen LogP contribution in [0.4, 0.5) is 11.6 Å². The molecule has 28 heavy (non-hydrogen) atoms. The molecule has 0 fully saturated rings. The zero-order chi connectivity index (χ0) is 20.0. The fraction of sp³-hybridized carbons (Fsp3) is 0.450. The summed E-state index contributed by atoms with van der Waals surface area (Å²) in [6, 6.07) is 7.85. The first-order valence-corrected chi connectivity index (χ1v) is 9.63. The quantitative estimate of drug-likeness (QED) is 0.692. The maximum absolute atomic E-state index is 13.1. The van der Waals surface area contributed by atoms with Gasteiger partial charge in [-0.1, -0.05) is 19.9 Å². The molecular formula is C20H26N5O3+. The SMILES string of the molecule is CCCn1c(=O)c2c([nH]c3[n+]2C[C@H](C)CN3c2cccc(OC)c2)n(C)c1=O. The largest absolute Gasteiger partial charge is 0.497 e. The molecule has 0 amide bonds. The lowest BCUT2D eigenvalue weighted by Crippen LogP contribution is -2.52. The standard InChI is InChI=1S/C20H25N5O3/c1-5-9-23-18(26)16-17(22(3)20(23)27)21-19-24(11-13(2)12-25(16)19)14-7-6-8-15(10-14)28-4/h6-8,10,13H,5,9,11-12H2,1-4H3/p+1/t13-/m1/s1. The van der Waals surface area contributed by atoms with Crippen LogP contribution in [0.25, 0.3) is 11.2 Å². The average molecular weight is 384 g/mol. The lowest BCUT2D eigenvalue weighted by atomic mass is 10.1. The van der Waals surface area contributed by atoms with Crippen molar-refractivity contribution in [1.29, 1.82) is 0 Å². The van der Waals surface area contributed by atoms with Crippen molar-refractivity contribution in [2.45, 2.75) is 33.4 Å². The summed E-state index contributed by atoms with van der Waals surface area (Å²) >= 11 is 0. The Morgan fingerprint density at radius 1 is 1.32 bits per heavy atom. The minimum atomic E-state index is -0.292. The van der Waals surface area contributed by atoms with Crippen LogP contribution >= 0.6 is 0 Å².